The van der Waals surface area contributed by atoms with Crippen LogP contribution in [0.3, 0.4) is 0 Å². The van der Waals surface area contributed by atoms with Crippen LogP contribution in [0.4, 0.5) is 4.39 Å². The lowest BCUT2D eigenvalue weighted by molar-refractivity contribution is 0.168. The highest BCUT2D eigenvalue weighted by atomic mass is 19.1. The summed E-state index contributed by atoms with van der Waals surface area (Å²) in [6, 6.07) is 8.92. The van der Waals surface area contributed by atoms with Gasteiger partial charge in [0.2, 0.25) is 0 Å². The van der Waals surface area contributed by atoms with Gasteiger partial charge in [-0.15, -0.1) is 0 Å². The third kappa shape index (κ3) is 4.61. The van der Waals surface area contributed by atoms with Gasteiger partial charge in [0, 0.05) is 50.7 Å². The number of rotatable bonds is 6. The van der Waals surface area contributed by atoms with Crippen LogP contribution in [-0.4, -0.2) is 60.2 Å². The Balaban J connectivity index is 1.39. The second kappa shape index (κ2) is 8.95. The van der Waals surface area contributed by atoms with Crippen molar-refractivity contribution in [1.82, 2.24) is 20.3 Å². The topological polar surface area (TPSA) is 56.9 Å². The highest BCUT2D eigenvalue weighted by Gasteiger charge is 2.38. The van der Waals surface area contributed by atoms with Crippen molar-refractivity contribution in [3.63, 3.8) is 0 Å². The van der Waals surface area contributed by atoms with Gasteiger partial charge in [-0.1, -0.05) is 23.7 Å². The van der Waals surface area contributed by atoms with Crippen LogP contribution in [-0.2, 0) is 12.0 Å². The van der Waals surface area contributed by atoms with E-state index in [4.69, 9.17) is 9.52 Å². The predicted octanol–water partition coefficient (Wildman–Crippen LogP) is 3.02. The zero-order chi connectivity index (χ0) is 20.1. The summed E-state index contributed by atoms with van der Waals surface area (Å²) in [6.07, 6.45) is 5.07. The molecule has 1 aromatic carbocycles. The third-order valence-electron chi connectivity index (χ3n) is 6.18. The van der Waals surface area contributed by atoms with E-state index >= 15 is 0 Å². The molecule has 7 heteroatoms. The van der Waals surface area contributed by atoms with Crippen molar-refractivity contribution in [2.75, 3.05) is 39.3 Å². The van der Waals surface area contributed by atoms with E-state index in [0.717, 1.165) is 70.3 Å². The van der Waals surface area contributed by atoms with Crippen LogP contribution in [0.1, 0.15) is 37.4 Å². The minimum absolute atomic E-state index is 0.0587. The molecule has 156 valence electrons. The van der Waals surface area contributed by atoms with E-state index in [2.05, 4.69) is 27.2 Å². The molecule has 1 saturated heterocycles. The molecule has 1 aliphatic carbocycles. The van der Waals surface area contributed by atoms with Gasteiger partial charge in [-0.3, -0.25) is 9.89 Å². The minimum Gasteiger partial charge on any atom is -0.364 e. The molecule has 0 spiro atoms. The highest BCUT2D eigenvalue weighted by molar-refractivity contribution is 5.80. The first-order chi connectivity index (χ1) is 14.2. The van der Waals surface area contributed by atoms with Crippen LogP contribution in [0.2, 0.25) is 0 Å². The molecule has 0 amide bonds. The van der Waals surface area contributed by atoms with Crippen LogP contribution < -0.4 is 5.32 Å². The first-order valence-corrected chi connectivity index (χ1v) is 10.6. The summed E-state index contributed by atoms with van der Waals surface area (Å²) in [4.78, 5) is 9.76. The molecule has 1 aromatic heterocycles. The molecular weight excluding hydrogens is 369 g/mol. The zero-order valence-corrected chi connectivity index (χ0v) is 17.1. The SMILES string of the molecule is CCNC(=NCC1(c2ccc(F)cc2)CCC1)N1CCN(Cc2ccon2)CC1. The molecule has 1 saturated carbocycles. The van der Waals surface area contributed by atoms with E-state index in [1.54, 1.807) is 18.4 Å². The molecule has 29 heavy (non-hydrogen) atoms. The van der Waals surface area contributed by atoms with Gasteiger partial charge in [0.05, 0.1) is 12.2 Å². The number of guanidine groups is 1. The van der Waals surface area contributed by atoms with E-state index in [1.807, 2.05) is 18.2 Å². The van der Waals surface area contributed by atoms with Crippen LogP contribution in [0.5, 0.6) is 0 Å². The Morgan fingerprint density at radius 3 is 2.52 bits per heavy atom. The Hall–Kier alpha value is -2.41. The lowest BCUT2D eigenvalue weighted by Gasteiger charge is -2.42. The highest BCUT2D eigenvalue weighted by Crippen LogP contribution is 2.44. The standard InChI is InChI=1S/C22H30FN5O/c1-2-24-21(28-13-11-27(12-14-28)16-20-8-15-29-26-20)25-17-22(9-3-10-22)18-4-6-19(23)7-5-18/h4-8,15H,2-3,9-14,16-17H2,1H3,(H,24,25). The summed E-state index contributed by atoms with van der Waals surface area (Å²) in [6.45, 7) is 8.35. The van der Waals surface area contributed by atoms with Crippen molar-refractivity contribution in [3.8, 4) is 0 Å². The summed E-state index contributed by atoms with van der Waals surface area (Å²) in [5.41, 5.74) is 2.25. The third-order valence-corrected chi connectivity index (χ3v) is 6.18. The predicted molar refractivity (Wildman–Crippen MR) is 111 cm³/mol. The van der Waals surface area contributed by atoms with Crippen LogP contribution in [0.25, 0.3) is 0 Å². The van der Waals surface area contributed by atoms with Gasteiger partial charge in [-0.05, 0) is 37.5 Å². The molecule has 2 heterocycles. The average molecular weight is 400 g/mol. The summed E-state index contributed by atoms with van der Waals surface area (Å²) in [5, 5.41) is 7.47. The number of benzene rings is 1. The molecule has 0 radical (unpaired) electrons. The Kier molecular flexibility index (Phi) is 6.13. The van der Waals surface area contributed by atoms with Crippen LogP contribution in [0.15, 0.2) is 46.1 Å². The lowest BCUT2D eigenvalue weighted by Crippen LogP contribution is -2.52. The summed E-state index contributed by atoms with van der Waals surface area (Å²) >= 11 is 0. The number of hydrogen-bond acceptors (Lipinski definition) is 4. The van der Waals surface area contributed by atoms with Gasteiger partial charge in [0.1, 0.15) is 12.1 Å². The Bertz CT molecular complexity index is 793. The Morgan fingerprint density at radius 1 is 1.17 bits per heavy atom. The first-order valence-electron chi connectivity index (χ1n) is 10.6. The van der Waals surface area contributed by atoms with Crippen LogP contribution >= 0.6 is 0 Å². The van der Waals surface area contributed by atoms with E-state index in [0.29, 0.717) is 0 Å². The largest absolute Gasteiger partial charge is 0.364 e. The van der Waals surface area contributed by atoms with E-state index in [1.165, 1.54) is 12.0 Å². The lowest BCUT2D eigenvalue weighted by atomic mass is 9.64. The molecule has 2 aromatic rings. The fourth-order valence-electron chi connectivity index (χ4n) is 4.26. The molecular formula is C22H30FN5O. The summed E-state index contributed by atoms with van der Waals surface area (Å²) in [5.74, 6) is 0.811. The normalized spacial score (nSPS) is 19.8. The molecule has 4 rings (SSSR count). The molecule has 0 bridgehead atoms. The fraction of sp³-hybridized carbons (Fsp3) is 0.545. The number of aliphatic imine (C=N–C) groups is 1. The van der Waals surface area contributed by atoms with Gasteiger partial charge >= 0.3 is 0 Å². The maximum Gasteiger partial charge on any atom is 0.194 e. The van der Waals surface area contributed by atoms with Gasteiger partial charge in [0.15, 0.2) is 5.96 Å². The van der Waals surface area contributed by atoms with E-state index in [9.17, 15) is 4.39 Å². The van der Waals surface area contributed by atoms with Gasteiger partial charge in [-0.25, -0.2) is 4.39 Å². The molecule has 2 aliphatic rings. The number of nitrogens with zero attached hydrogens (tertiary/aromatic N) is 4. The number of piperazine rings is 1. The quantitative estimate of drug-likeness (QED) is 0.598. The smallest absolute Gasteiger partial charge is 0.194 e. The number of nitrogens with one attached hydrogen (secondary N) is 1. The van der Waals surface area contributed by atoms with Crippen molar-refractivity contribution >= 4 is 5.96 Å². The molecule has 1 N–H and O–H groups in total. The Morgan fingerprint density at radius 2 is 1.93 bits per heavy atom. The zero-order valence-electron chi connectivity index (χ0n) is 17.1. The van der Waals surface area contributed by atoms with Crippen molar-refractivity contribution in [1.29, 1.82) is 0 Å². The van der Waals surface area contributed by atoms with E-state index < -0.39 is 0 Å². The van der Waals surface area contributed by atoms with E-state index in [-0.39, 0.29) is 11.2 Å². The number of halogens is 1. The maximum absolute atomic E-state index is 13.3. The fourth-order valence-corrected chi connectivity index (χ4v) is 4.26. The van der Waals surface area contributed by atoms with Crippen LogP contribution in [0, 0.1) is 5.82 Å². The molecule has 6 nitrogen and oxygen atoms in total. The molecule has 0 unspecified atom stereocenters. The number of hydrogen-bond donors (Lipinski definition) is 1. The van der Waals surface area contributed by atoms with Crippen molar-refractivity contribution in [2.45, 2.75) is 38.1 Å². The summed E-state index contributed by atoms with van der Waals surface area (Å²) in [7, 11) is 0. The van der Waals surface area contributed by atoms with Crippen molar-refractivity contribution < 1.29 is 8.91 Å². The molecule has 1 aliphatic heterocycles. The Labute approximate surface area is 171 Å². The average Bonchev–Trinajstić information content (AvgIpc) is 3.21. The van der Waals surface area contributed by atoms with Gasteiger partial charge < -0.3 is 14.7 Å². The second-order valence-corrected chi connectivity index (χ2v) is 8.06. The molecule has 0 atom stereocenters. The van der Waals surface area contributed by atoms with Gasteiger partial charge in [0.25, 0.3) is 0 Å². The first kappa shape index (κ1) is 19.9. The monoisotopic (exact) mass is 399 g/mol. The summed E-state index contributed by atoms with van der Waals surface area (Å²) < 4.78 is 18.3. The molecule has 2 fully saturated rings. The maximum atomic E-state index is 13.3. The van der Waals surface area contributed by atoms with Crippen molar-refractivity contribution in [2.24, 2.45) is 4.99 Å². The second-order valence-electron chi connectivity index (χ2n) is 8.06. The van der Waals surface area contributed by atoms with Gasteiger partial charge in [-0.2, -0.15) is 0 Å². The number of aromatic nitrogens is 1. The van der Waals surface area contributed by atoms with Crippen molar-refractivity contribution in [3.05, 3.63) is 53.7 Å². The minimum atomic E-state index is -0.177.